The minimum Gasteiger partial charge on any atom is -0.492 e. The van der Waals surface area contributed by atoms with E-state index in [1.807, 2.05) is 4.72 Å². The number of anilines is 1. The van der Waals surface area contributed by atoms with Gasteiger partial charge in [-0.1, -0.05) is 6.07 Å². The smallest absolute Gasteiger partial charge is 0.236 e. The van der Waals surface area contributed by atoms with Gasteiger partial charge < -0.3 is 4.74 Å². The first kappa shape index (κ1) is 16.2. The van der Waals surface area contributed by atoms with Crippen molar-refractivity contribution in [3.8, 4) is 5.75 Å². The molecule has 0 aromatic heterocycles. The summed E-state index contributed by atoms with van der Waals surface area (Å²) in [5, 5.41) is 0. The Morgan fingerprint density at radius 3 is 2.36 bits per heavy atom. The van der Waals surface area contributed by atoms with E-state index in [4.69, 9.17) is 4.74 Å². The minimum atomic E-state index is -3.91. The van der Waals surface area contributed by atoms with Crippen LogP contribution >= 0.6 is 0 Å². The summed E-state index contributed by atoms with van der Waals surface area (Å²) in [5.74, 6) is -3.04. The van der Waals surface area contributed by atoms with Crippen LogP contribution in [-0.2, 0) is 10.0 Å². The first-order valence-corrected chi connectivity index (χ1v) is 7.85. The molecule has 2 rings (SSSR count). The fourth-order valence-corrected chi connectivity index (χ4v) is 2.50. The van der Waals surface area contributed by atoms with E-state index in [2.05, 4.69) is 0 Å². The average Bonchev–Trinajstić information content (AvgIpc) is 2.46. The number of rotatable bonds is 6. The van der Waals surface area contributed by atoms with Gasteiger partial charge >= 0.3 is 0 Å². The predicted octanol–water partition coefficient (Wildman–Crippen LogP) is 2.92. The standard InChI is InChI=1S/C14H12F3NO3S/c15-10-4-6-11(7-5-10)21-8-9-22(19,20)18-13-3-1-2-12(16)14(13)17/h1-7,18H,8-9H2. The summed E-state index contributed by atoms with van der Waals surface area (Å²) in [5.41, 5.74) is -0.471. The maximum atomic E-state index is 13.4. The van der Waals surface area contributed by atoms with E-state index in [0.717, 1.165) is 12.1 Å². The Morgan fingerprint density at radius 2 is 1.68 bits per heavy atom. The molecule has 118 valence electrons. The van der Waals surface area contributed by atoms with Crippen LogP contribution in [0.3, 0.4) is 0 Å². The summed E-state index contributed by atoms with van der Waals surface area (Å²) in [6.45, 7) is -0.224. The monoisotopic (exact) mass is 331 g/mol. The van der Waals surface area contributed by atoms with Gasteiger partial charge in [0.15, 0.2) is 11.6 Å². The SMILES string of the molecule is O=S(=O)(CCOc1ccc(F)cc1)Nc1cccc(F)c1F. The summed E-state index contributed by atoms with van der Waals surface area (Å²) in [6.07, 6.45) is 0. The largest absolute Gasteiger partial charge is 0.492 e. The summed E-state index contributed by atoms with van der Waals surface area (Å²) in [7, 11) is -3.91. The average molecular weight is 331 g/mol. The molecule has 2 aromatic rings. The summed E-state index contributed by atoms with van der Waals surface area (Å²) in [4.78, 5) is 0. The normalized spacial score (nSPS) is 11.2. The molecular weight excluding hydrogens is 319 g/mol. The highest BCUT2D eigenvalue weighted by molar-refractivity contribution is 7.92. The van der Waals surface area contributed by atoms with Crippen molar-refractivity contribution < 1.29 is 26.3 Å². The Morgan fingerprint density at radius 1 is 1.00 bits per heavy atom. The molecule has 0 aliphatic rings. The number of hydrogen-bond donors (Lipinski definition) is 1. The molecule has 0 saturated heterocycles. The third-order valence-corrected chi connectivity index (χ3v) is 3.89. The van der Waals surface area contributed by atoms with Crippen LogP contribution in [0.5, 0.6) is 5.75 Å². The minimum absolute atomic E-state index is 0.224. The molecule has 0 bridgehead atoms. The van der Waals surface area contributed by atoms with Crippen molar-refractivity contribution in [2.45, 2.75) is 0 Å². The van der Waals surface area contributed by atoms with Gasteiger partial charge in [0.25, 0.3) is 0 Å². The predicted molar refractivity (Wildman–Crippen MR) is 75.7 cm³/mol. The molecule has 0 amide bonds. The van der Waals surface area contributed by atoms with Crippen molar-refractivity contribution in [2.75, 3.05) is 17.1 Å². The summed E-state index contributed by atoms with van der Waals surface area (Å²) >= 11 is 0. The molecule has 0 unspecified atom stereocenters. The van der Waals surface area contributed by atoms with E-state index < -0.39 is 38.9 Å². The molecular formula is C14H12F3NO3S. The lowest BCUT2D eigenvalue weighted by Gasteiger charge is -2.10. The van der Waals surface area contributed by atoms with Gasteiger partial charge in [0.2, 0.25) is 10.0 Å². The van der Waals surface area contributed by atoms with Crippen molar-refractivity contribution in [1.29, 1.82) is 0 Å². The van der Waals surface area contributed by atoms with E-state index in [0.29, 0.717) is 5.75 Å². The fourth-order valence-electron chi connectivity index (χ4n) is 1.60. The quantitative estimate of drug-likeness (QED) is 0.885. The molecule has 22 heavy (non-hydrogen) atoms. The van der Waals surface area contributed by atoms with Crippen LogP contribution < -0.4 is 9.46 Å². The third kappa shape index (κ3) is 4.39. The summed E-state index contributed by atoms with van der Waals surface area (Å²) < 4.78 is 69.7. The van der Waals surface area contributed by atoms with Crippen LogP contribution in [0.4, 0.5) is 18.9 Å². The maximum Gasteiger partial charge on any atom is 0.236 e. The van der Waals surface area contributed by atoms with E-state index >= 15 is 0 Å². The zero-order chi connectivity index (χ0) is 16.2. The first-order valence-electron chi connectivity index (χ1n) is 6.20. The molecule has 0 fully saturated rings. The Kier molecular flexibility index (Phi) is 4.92. The number of ether oxygens (including phenoxy) is 1. The number of halogens is 3. The van der Waals surface area contributed by atoms with Crippen molar-refractivity contribution in [3.05, 3.63) is 59.9 Å². The van der Waals surface area contributed by atoms with Gasteiger partial charge in [0.1, 0.15) is 23.9 Å². The topological polar surface area (TPSA) is 55.4 Å². The lowest BCUT2D eigenvalue weighted by atomic mass is 10.3. The van der Waals surface area contributed by atoms with Gasteiger partial charge in [-0.15, -0.1) is 0 Å². The van der Waals surface area contributed by atoms with E-state index in [1.165, 1.54) is 30.3 Å². The van der Waals surface area contributed by atoms with Crippen LogP contribution in [0, 0.1) is 17.5 Å². The lowest BCUT2D eigenvalue weighted by Crippen LogP contribution is -2.22. The van der Waals surface area contributed by atoms with E-state index in [9.17, 15) is 21.6 Å². The molecule has 4 nitrogen and oxygen atoms in total. The maximum absolute atomic E-state index is 13.4. The third-order valence-electron chi connectivity index (χ3n) is 2.65. The van der Waals surface area contributed by atoms with Crippen molar-refractivity contribution in [2.24, 2.45) is 0 Å². The Labute approximate surface area is 125 Å². The molecule has 0 aliphatic carbocycles. The lowest BCUT2D eigenvalue weighted by molar-refractivity contribution is 0.340. The van der Waals surface area contributed by atoms with Crippen LogP contribution in [0.25, 0.3) is 0 Å². The number of sulfonamides is 1. The van der Waals surface area contributed by atoms with Crippen molar-refractivity contribution in [3.63, 3.8) is 0 Å². The molecule has 0 heterocycles. The molecule has 0 aliphatic heterocycles. The highest BCUT2D eigenvalue weighted by atomic mass is 32.2. The van der Waals surface area contributed by atoms with Gasteiger partial charge in [-0.3, -0.25) is 4.72 Å². The molecule has 2 aromatic carbocycles. The highest BCUT2D eigenvalue weighted by Crippen LogP contribution is 2.18. The molecule has 8 heteroatoms. The van der Waals surface area contributed by atoms with Gasteiger partial charge in [0, 0.05) is 0 Å². The van der Waals surface area contributed by atoms with Gasteiger partial charge in [0.05, 0.1) is 5.69 Å². The van der Waals surface area contributed by atoms with Crippen molar-refractivity contribution in [1.82, 2.24) is 0 Å². The second kappa shape index (κ2) is 6.69. The van der Waals surface area contributed by atoms with Crippen LogP contribution in [0.1, 0.15) is 0 Å². The van der Waals surface area contributed by atoms with Gasteiger partial charge in [-0.2, -0.15) is 0 Å². The van der Waals surface area contributed by atoms with Gasteiger partial charge in [-0.25, -0.2) is 21.6 Å². The molecule has 1 N–H and O–H groups in total. The highest BCUT2D eigenvalue weighted by Gasteiger charge is 2.15. The van der Waals surface area contributed by atoms with Crippen LogP contribution in [0.2, 0.25) is 0 Å². The van der Waals surface area contributed by atoms with Crippen molar-refractivity contribution >= 4 is 15.7 Å². The van der Waals surface area contributed by atoms with E-state index in [-0.39, 0.29) is 6.61 Å². The number of benzene rings is 2. The van der Waals surface area contributed by atoms with E-state index in [1.54, 1.807) is 0 Å². The van der Waals surface area contributed by atoms with Crippen LogP contribution in [-0.4, -0.2) is 20.8 Å². The summed E-state index contributed by atoms with van der Waals surface area (Å²) in [6, 6.07) is 8.21. The number of nitrogens with one attached hydrogen (secondary N) is 1. The molecule has 0 saturated carbocycles. The van der Waals surface area contributed by atoms with Crippen LogP contribution in [0.15, 0.2) is 42.5 Å². The molecule has 0 radical (unpaired) electrons. The Bertz CT molecular complexity index is 748. The second-order valence-corrected chi connectivity index (χ2v) is 6.17. The molecule has 0 atom stereocenters. The fraction of sp³-hybridized carbons (Fsp3) is 0.143. The zero-order valence-corrected chi connectivity index (χ0v) is 12.0. The second-order valence-electron chi connectivity index (χ2n) is 4.32. The first-order chi connectivity index (χ1) is 10.4. The zero-order valence-electron chi connectivity index (χ0n) is 11.2. The number of hydrogen-bond acceptors (Lipinski definition) is 3. The Balaban J connectivity index is 1.94. The van der Waals surface area contributed by atoms with Gasteiger partial charge in [-0.05, 0) is 36.4 Å². The molecule has 0 spiro atoms. The Hall–Kier alpha value is -2.22.